The van der Waals surface area contributed by atoms with Gasteiger partial charge in [-0.3, -0.25) is 4.79 Å². The number of aromatic nitrogens is 5. The van der Waals surface area contributed by atoms with E-state index < -0.39 is 0 Å². The Balaban J connectivity index is 2.19. The molecule has 0 radical (unpaired) electrons. The van der Waals surface area contributed by atoms with Gasteiger partial charge in [-0.05, 0) is 24.1 Å². The van der Waals surface area contributed by atoms with E-state index in [2.05, 4.69) is 27.4 Å². The molecule has 0 atom stereocenters. The third-order valence-electron chi connectivity index (χ3n) is 2.87. The lowest BCUT2D eigenvalue weighted by Crippen LogP contribution is -2.10. The highest BCUT2D eigenvalue weighted by Gasteiger charge is 2.09. The zero-order chi connectivity index (χ0) is 12.5. The molecule has 1 aromatic carbocycles. The fraction of sp³-hybridized carbons (Fsp3) is 0.167. The SMILES string of the molecule is CCc1ccc(-n2ncc3c(=O)[nH]nnc32)cc1. The standard InChI is InChI=1S/C12H11N5O/c1-2-8-3-5-9(6-4-8)17-11-10(7-13-17)12(18)15-16-14-11/h3-7H,2H2,1H3,(H,14,15,18). The number of aromatic amines is 1. The second-order valence-electron chi connectivity index (χ2n) is 3.95. The summed E-state index contributed by atoms with van der Waals surface area (Å²) in [6.45, 7) is 2.10. The van der Waals surface area contributed by atoms with E-state index in [9.17, 15) is 4.79 Å². The van der Waals surface area contributed by atoms with Crippen LogP contribution in [0.2, 0.25) is 0 Å². The van der Waals surface area contributed by atoms with Crippen molar-refractivity contribution in [3.8, 4) is 5.69 Å². The maximum Gasteiger partial charge on any atom is 0.278 e. The van der Waals surface area contributed by atoms with Gasteiger partial charge >= 0.3 is 0 Å². The van der Waals surface area contributed by atoms with E-state index in [0.717, 1.165) is 12.1 Å². The fourth-order valence-corrected chi connectivity index (χ4v) is 1.84. The quantitative estimate of drug-likeness (QED) is 0.728. The van der Waals surface area contributed by atoms with Crippen LogP contribution in [0.3, 0.4) is 0 Å². The van der Waals surface area contributed by atoms with Gasteiger partial charge in [0.1, 0.15) is 5.39 Å². The van der Waals surface area contributed by atoms with Crippen molar-refractivity contribution in [1.82, 2.24) is 25.2 Å². The van der Waals surface area contributed by atoms with Gasteiger partial charge in [-0.15, -0.1) is 5.10 Å². The number of aryl methyl sites for hydroxylation is 1. The summed E-state index contributed by atoms with van der Waals surface area (Å²) in [6.07, 6.45) is 2.48. The van der Waals surface area contributed by atoms with E-state index in [1.807, 2.05) is 24.3 Å². The molecule has 0 spiro atoms. The van der Waals surface area contributed by atoms with Crippen molar-refractivity contribution in [1.29, 1.82) is 0 Å². The highest BCUT2D eigenvalue weighted by Crippen LogP contribution is 2.13. The number of hydrogen-bond acceptors (Lipinski definition) is 4. The molecule has 0 saturated carbocycles. The number of nitrogens with one attached hydrogen (secondary N) is 1. The first-order valence-electron chi connectivity index (χ1n) is 5.68. The smallest absolute Gasteiger partial charge is 0.267 e. The monoisotopic (exact) mass is 241 g/mol. The summed E-state index contributed by atoms with van der Waals surface area (Å²) in [6, 6.07) is 7.97. The highest BCUT2D eigenvalue weighted by atomic mass is 16.1. The van der Waals surface area contributed by atoms with Gasteiger partial charge in [-0.2, -0.15) is 5.10 Å². The lowest BCUT2D eigenvalue weighted by Gasteiger charge is -2.03. The summed E-state index contributed by atoms with van der Waals surface area (Å²) < 4.78 is 1.61. The number of hydrogen-bond donors (Lipinski definition) is 1. The van der Waals surface area contributed by atoms with Gasteiger partial charge in [0.15, 0.2) is 5.65 Å². The minimum atomic E-state index is -0.281. The molecule has 3 rings (SSSR count). The average molecular weight is 241 g/mol. The molecule has 0 unspecified atom stereocenters. The lowest BCUT2D eigenvalue weighted by atomic mass is 10.1. The third kappa shape index (κ3) is 1.58. The molecule has 18 heavy (non-hydrogen) atoms. The molecule has 6 heteroatoms. The summed E-state index contributed by atoms with van der Waals surface area (Å²) in [5.74, 6) is 0. The highest BCUT2D eigenvalue weighted by molar-refractivity contribution is 5.74. The second-order valence-corrected chi connectivity index (χ2v) is 3.95. The summed E-state index contributed by atoms with van der Waals surface area (Å²) in [5.41, 5.74) is 2.29. The molecule has 0 aliphatic rings. The van der Waals surface area contributed by atoms with Crippen molar-refractivity contribution in [3.63, 3.8) is 0 Å². The Bertz CT molecular complexity index is 741. The molecule has 6 nitrogen and oxygen atoms in total. The van der Waals surface area contributed by atoms with E-state index in [4.69, 9.17) is 0 Å². The van der Waals surface area contributed by atoms with Crippen LogP contribution in [0, 0.1) is 0 Å². The zero-order valence-corrected chi connectivity index (χ0v) is 9.79. The summed E-state index contributed by atoms with van der Waals surface area (Å²) >= 11 is 0. The summed E-state index contributed by atoms with van der Waals surface area (Å²) in [7, 11) is 0. The second kappa shape index (κ2) is 4.06. The Morgan fingerprint density at radius 1 is 1.28 bits per heavy atom. The van der Waals surface area contributed by atoms with Crippen LogP contribution in [0.15, 0.2) is 35.3 Å². The number of benzene rings is 1. The molecule has 0 bridgehead atoms. The first-order chi connectivity index (χ1) is 8.79. The van der Waals surface area contributed by atoms with Crippen LogP contribution in [0.5, 0.6) is 0 Å². The first kappa shape index (κ1) is 10.6. The van der Waals surface area contributed by atoms with Gasteiger partial charge in [0.05, 0.1) is 11.9 Å². The molecule has 0 fully saturated rings. The molecule has 0 saturated heterocycles. The molecule has 0 aliphatic heterocycles. The van der Waals surface area contributed by atoms with Crippen LogP contribution in [-0.4, -0.2) is 25.2 Å². The van der Waals surface area contributed by atoms with Crippen LogP contribution in [0.1, 0.15) is 12.5 Å². The zero-order valence-electron chi connectivity index (χ0n) is 9.79. The predicted octanol–water partition coefficient (Wildman–Crippen LogP) is 1.07. The summed E-state index contributed by atoms with van der Waals surface area (Å²) in [5, 5.41) is 14.4. The van der Waals surface area contributed by atoms with Crippen LogP contribution in [0.25, 0.3) is 16.7 Å². The minimum Gasteiger partial charge on any atom is -0.267 e. The van der Waals surface area contributed by atoms with Crippen molar-refractivity contribution in [2.75, 3.05) is 0 Å². The molecule has 0 amide bonds. The largest absolute Gasteiger partial charge is 0.278 e. The third-order valence-corrected chi connectivity index (χ3v) is 2.87. The van der Waals surface area contributed by atoms with E-state index in [0.29, 0.717) is 11.0 Å². The van der Waals surface area contributed by atoms with Crippen LogP contribution >= 0.6 is 0 Å². The number of fused-ring (bicyclic) bond motifs is 1. The van der Waals surface area contributed by atoms with Crippen molar-refractivity contribution < 1.29 is 0 Å². The Hall–Kier alpha value is -2.50. The fourth-order valence-electron chi connectivity index (χ4n) is 1.84. The van der Waals surface area contributed by atoms with Crippen LogP contribution in [-0.2, 0) is 6.42 Å². The maximum atomic E-state index is 11.5. The Labute approximate surface area is 102 Å². The van der Waals surface area contributed by atoms with Gasteiger partial charge in [0, 0.05) is 0 Å². The molecule has 0 aliphatic carbocycles. The minimum absolute atomic E-state index is 0.281. The molecular weight excluding hydrogens is 230 g/mol. The summed E-state index contributed by atoms with van der Waals surface area (Å²) in [4.78, 5) is 11.5. The molecule has 2 heterocycles. The van der Waals surface area contributed by atoms with E-state index in [1.165, 1.54) is 11.8 Å². The van der Waals surface area contributed by atoms with Gasteiger partial charge in [0.25, 0.3) is 5.56 Å². The van der Waals surface area contributed by atoms with Crippen molar-refractivity contribution >= 4 is 11.0 Å². The molecule has 3 aromatic rings. The van der Waals surface area contributed by atoms with Gasteiger partial charge in [0.2, 0.25) is 0 Å². The number of H-pyrrole nitrogens is 1. The van der Waals surface area contributed by atoms with E-state index >= 15 is 0 Å². The first-order valence-corrected chi connectivity index (χ1v) is 5.68. The molecule has 1 N–H and O–H groups in total. The van der Waals surface area contributed by atoms with Crippen molar-refractivity contribution in [2.45, 2.75) is 13.3 Å². The van der Waals surface area contributed by atoms with Gasteiger partial charge in [-0.25, -0.2) is 9.78 Å². The van der Waals surface area contributed by atoms with E-state index in [1.54, 1.807) is 4.68 Å². The Kier molecular flexibility index (Phi) is 2.40. The van der Waals surface area contributed by atoms with E-state index in [-0.39, 0.29) is 5.56 Å². The Morgan fingerprint density at radius 2 is 2.06 bits per heavy atom. The van der Waals surface area contributed by atoms with Crippen molar-refractivity contribution in [3.05, 3.63) is 46.4 Å². The average Bonchev–Trinajstić information content (AvgIpc) is 2.84. The number of rotatable bonds is 2. The van der Waals surface area contributed by atoms with Crippen LogP contribution < -0.4 is 5.56 Å². The maximum absolute atomic E-state index is 11.5. The molecule has 2 aromatic heterocycles. The van der Waals surface area contributed by atoms with Crippen molar-refractivity contribution in [2.24, 2.45) is 0 Å². The number of nitrogens with zero attached hydrogens (tertiary/aromatic N) is 4. The Morgan fingerprint density at radius 3 is 2.78 bits per heavy atom. The normalized spacial score (nSPS) is 10.9. The predicted molar refractivity (Wildman–Crippen MR) is 66.7 cm³/mol. The van der Waals surface area contributed by atoms with Crippen LogP contribution in [0.4, 0.5) is 0 Å². The molecule has 90 valence electrons. The topological polar surface area (TPSA) is 76.5 Å². The lowest BCUT2D eigenvalue weighted by molar-refractivity contribution is 0.829. The molecular formula is C12H11N5O. The van der Waals surface area contributed by atoms with Gasteiger partial charge in [-0.1, -0.05) is 24.3 Å². The van der Waals surface area contributed by atoms with Gasteiger partial charge < -0.3 is 0 Å².